The summed E-state index contributed by atoms with van der Waals surface area (Å²) in [5.74, 6) is -2.05. The molecule has 9 heteroatoms. The molecule has 0 fully saturated rings. The second kappa shape index (κ2) is 9.80. The Bertz CT molecular complexity index is 964. The Kier molecular flexibility index (Phi) is 7.12. The lowest BCUT2D eigenvalue weighted by atomic mass is 9.98. The van der Waals surface area contributed by atoms with E-state index in [9.17, 15) is 14.4 Å². The fraction of sp³-hybridized carbons (Fsp3) is 0.348. The largest absolute Gasteiger partial charge is 0.479 e. The Morgan fingerprint density at radius 1 is 1.06 bits per heavy atom. The first-order chi connectivity index (χ1) is 15.3. The highest BCUT2D eigenvalue weighted by Gasteiger charge is 2.39. The van der Waals surface area contributed by atoms with E-state index in [1.807, 2.05) is 48.5 Å². The first-order valence-corrected chi connectivity index (χ1v) is 10.0. The van der Waals surface area contributed by atoms with Crippen LogP contribution < -0.4 is 5.32 Å². The van der Waals surface area contributed by atoms with Gasteiger partial charge in [-0.1, -0.05) is 48.5 Å². The third kappa shape index (κ3) is 4.90. The van der Waals surface area contributed by atoms with Crippen molar-refractivity contribution in [2.75, 3.05) is 34.0 Å². The maximum atomic E-state index is 12.7. The molecule has 1 aliphatic rings. The maximum absolute atomic E-state index is 12.7. The number of hydrogen-bond donors (Lipinski definition) is 2. The summed E-state index contributed by atoms with van der Waals surface area (Å²) in [6.45, 7) is 0.663. The van der Waals surface area contributed by atoms with Crippen molar-refractivity contribution in [2.24, 2.45) is 0 Å². The van der Waals surface area contributed by atoms with Gasteiger partial charge in [-0.2, -0.15) is 0 Å². The number of aliphatic carboxylic acids is 1. The highest BCUT2D eigenvalue weighted by molar-refractivity contribution is 5.89. The Morgan fingerprint density at radius 2 is 1.62 bits per heavy atom. The van der Waals surface area contributed by atoms with E-state index in [4.69, 9.17) is 19.4 Å². The van der Waals surface area contributed by atoms with Crippen LogP contribution in [0.1, 0.15) is 24.0 Å². The Balaban J connectivity index is 1.68. The number of hydroxylamine groups is 2. The minimum Gasteiger partial charge on any atom is -0.479 e. The van der Waals surface area contributed by atoms with Crippen LogP contribution in [0.4, 0.5) is 4.79 Å². The number of carboxylic acids is 1. The zero-order valence-corrected chi connectivity index (χ0v) is 18.2. The van der Waals surface area contributed by atoms with E-state index in [-0.39, 0.29) is 19.1 Å². The summed E-state index contributed by atoms with van der Waals surface area (Å²) in [4.78, 5) is 40.9. The van der Waals surface area contributed by atoms with Crippen LogP contribution in [-0.2, 0) is 23.9 Å². The monoisotopic (exact) mass is 442 g/mol. The number of likely N-dealkylation sites (N-methyl/N-ethyl adjacent to an activating group) is 1. The van der Waals surface area contributed by atoms with Gasteiger partial charge in [-0.25, -0.2) is 14.7 Å². The van der Waals surface area contributed by atoms with Gasteiger partial charge in [-0.05, 0) is 29.2 Å². The molecule has 9 nitrogen and oxygen atoms in total. The molecule has 0 bridgehead atoms. The summed E-state index contributed by atoms with van der Waals surface area (Å²) in [6.07, 6.45) is -0.800. The lowest BCUT2D eigenvalue weighted by Crippen LogP contribution is -2.60. The molecule has 0 aromatic heterocycles. The predicted molar refractivity (Wildman–Crippen MR) is 115 cm³/mol. The highest BCUT2D eigenvalue weighted by Crippen LogP contribution is 2.44. The topological polar surface area (TPSA) is 114 Å². The third-order valence-corrected chi connectivity index (χ3v) is 5.29. The van der Waals surface area contributed by atoms with Crippen LogP contribution in [0.25, 0.3) is 11.1 Å². The molecular formula is C23H26N2O7. The van der Waals surface area contributed by atoms with Crippen LogP contribution in [0.2, 0.25) is 0 Å². The van der Waals surface area contributed by atoms with Gasteiger partial charge in [0.05, 0.1) is 6.61 Å². The molecule has 2 amide bonds. The highest BCUT2D eigenvalue weighted by atomic mass is 16.7. The molecule has 2 aromatic rings. The number of carbonyl (C=O) groups is 3. The number of rotatable bonds is 9. The first kappa shape index (κ1) is 23.2. The van der Waals surface area contributed by atoms with E-state index < -0.39 is 30.1 Å². The standard InChI is InChI=1S/C23H26N2O7/c1-23(14-30-3,21(28)25(2)32-13-20(26)27)24-22(29)31-12-19-17-10-6-4-8-15(17)16-9-5-7-11-18(16)19/h4-11,19H,12-14H2,1-3H3,(H,24,29)(H,26,27). The fourth-order valence-corrected chi connectivity index (χ4v) is 3.86. The van der Waals surface area contributed by atoms with Gasteiger partial charge in [0, 0.05) is 20.1 Å². The molecule has 1 atom stereocenters. The van der Waals surface area contributed by atoms with Gasteiger partial charge in [0.1, 0.15) is 12.1 Å². The number of ether oxygens (including phenoxy) is 2. The van der Waals surface area contributed by atoms with Gasteiger partial charge in [-0.3, -0.25) is 9.63 Å². The summed E-state index contributed by atoms with van der Waals surface area (Å²) >= 11 is 0. The number of benzene rings is 2. The summed E-state index contributed by atoms with van der Waals surface area (Å²) in [7, 11) is 2.64. The molecule has 0 heterocycles. The van der Waals surface area contributed by atoms with Crippen molar-refractivity contribution in [3.63, 3.8) is 0 Å². The maximum Gasteiger partial charge on any atom is 0.408 e. The van der Waals surface area contributed by atoms with E-state index in [1.165, 1.54) is 21.1 Å². The number of amides is 2. The normalized spacial score (nSPS) is 14.1. The van der Waals surface area contributed by atoms with Gasteiger partial charge in [0.25, 0.3) is 5.91 Å². The molecular weight excluding hydrogens is 416 g/mol. The van der Waals surface area contributed by atoms with Crippen molar-refractivity contribution in [1.29, 1.82) is 0 Å². The predicted octanol–water partition coefficient (Wildman–Crippen LogP) is 2.40. The summed E-state index contributed by atoms with van der Waals surface area (Å²) in [5, 5.41) is 12.0. The number of hydrogen-bond acceptors (Lipinski definition) is 6. The Hall–Kier alpha value is -3.43. The Labute approximate surface area is 185 Å². The van der Waals surface area contributed by atoms with E-state index >= 15 is 0 Å². The van der Waals surface area contributed by atoms with Crippen molar-refractivity contribution < 1.29 is 33.8 Å². The van der Waals surface area contributed by atoms with Crippen molar-refractivity contribution in [2.45, 2.75) is 18.4 Å². The van der Waals surface area contributed by atoms with Crippen LogP contribution in [0.15, 0.2) is 48.5 Å². The average Bonchev–Trinajstić information content (AvgIpc) is 3.09. The number of carbonyl (C=O) groups excluding carboxylic acids is 2. The lowest BCUT2D eigenvalue weighted by molar-refractivity contribution is -0.192. The van der Waals surface area contributed by atoms with Gasteiger partial charge in [-0.15, -0.1) is 0 Å². The minimum absolute atomic E-state index is 0.0858. The average molecular weight is 442 g/mol. The van der Waals surface area contributed by atoms with Crippen LogP contribution in [0, 0.1) is 0 Å². The lowest BCUT2D eigenvalue weighted by Gasteiger charge is -2.31. The van der Waals surface area contributed by atoms with Crippen molar-refractivity contribution in [1.82, 2.24) is 10.4 Å². The molecule has 2 aromatic carbocycles. The first-order valence-electron chi connectivity index (χ1n) is 10.0. The van der Waals surface area contributed by atoms with Crippen LogP contribution in [0.5, 0.6) is 0 Å². The van der Waals surface area contributed by atoms with Gasteiger partial charge in [0.15, 0.2) is 6.61 Å². The van der Waals surface area contributed by atoms with Gasteiger partial charge < -0.3 is 19.9 Å². The molecule has 170 valence electrons. The quantitative estimate of drug-likeness (QED) is 0.573. The van der Waals surface area contributed by atoms with Crippen LogP contribution in [-0.4, -0.2) is 67.7 Å². The SMILES string of the molecule is COCC(C)(NC(=O)OCC1c2ccccc2-c2ccccc21)C(=O)N(C)OCC(=O)O. The number of nitrogens with one attached hydrogen (secondary N) is 1. The molecule has 3 rings (SSSR count). The molecule has 1 aliphatic carbocycles. The molecule has 0 aliphatic heterocycles. The van der Waals surface area contributed by atoms with Crippen molar-refractivity contribution in [3.8, 4) is 11.1 Å². The van der Waals surface area contributed by atoms with Gasteiger partial charge in [0.2, 0.25) is 0 Å². The van der Waals surface area contributed by atoms with Crippen LogP contribution >= 0.6 is 0 Å². The summed E-state index contributed by atoms with van der Waals surface area (Å²) in [5.41, 5.74) is 2.82. The van der Waals surface area contributed by atoms with Crippen molar-refractivity contribution >= 4 is 18.0 Å². The molecule has 0 saturated carbocycles. The molecule has 2 N–H and O–H groups in total. The third-order valence-electron chi connectivity index (χ3n) is 5.29. The van der Waals surface area contributed by atoms with E-state index in [0.717, 1.165) is 27.3 Å². The van der Waals surface area contributed by atoms with E-state index in [0.29, 0.717) is 0 Å². The Morgan fingerprint density at radius 3 is 2.16 bits per heavy atom. The smallest absolute Gasteiger partial charge is 0.408 e. The number of nitrogens with zero attached hydrogens (tertiary/aromatic N) is 1. The zero-order chi connectivity index (χ0) is 23.3. The number of alkyl carbamates (subject to hydrolysis) is 1. The summed E-state index contributed by atoms with van der Waals surface area (Å²) in [6, 6.07) is 15.9. The molecule has 0 saturated heterocycles. The fourth-order valence-electron chi connectivity index (χ4n) is 3.86. The van der Waals surface area contributed by atoms with E-state index in [1.54, 1.807) is 0 Å². The summed E-state index contributed by atoms with van der Waals surface area (Å²) < 4.78 is 10.6. The zero-order valence-electron chi connectivity index (χ0n) is 18.2. The molecule has 1 unspecified atom stereocenters. The van der Waals surface area contributed by atoms with Gasteiger partial charge >= 0.3 is 12.1 Å². The minimum atomic E-state index is -1.52. The second-order valence-electron chi connectivity index (χ2n) is 7.69. The number of carboxylic acid groups (broad SMARTS) is 1. The molecule has 0 radical (unpaired) electrons. The van der Waals surface area contributed by atoms with E-state index in [2.05, 4.69) is 5.32 Å². The molecule has 0 spiro atoms. The number of fused-ring (bicyclic) bond motifs is 3. The molecule has 32 heavy (non-hydrogen) atoms. The van der Waals surface area contributed by atoms with Crippen molar-refractivity contribution in [3.05, 3.63) is 59.7 Å². The number of methoxy groups -OCH3 is 1. The second-order valence-corrected chi connectivity index (χ2v) is 7.69. The van der Waals surface area contributed by atoms with Crippen LogP contribution in [0.3, 0.4) is 0 Å².